The average molecular weight is 496 g/mol. The Morgan fingerprint density at radius 2 is 1.82 bits per heavy atom. The van der Waals surface area contributed by atoms with Gasteiger partial charge in [-0.05, 0) is 36.1 Å². The molecule has 0 fully saturated rings. The summed E-state index contributed by atoms with van der Waals surface area (Å²) in [4.78, 5) is 15.6. The Hall–Kier alpha value is -2.29. The zero-order chi connectivity index (χ0) is 19.5. The third kappa shape index (κ3) is 8.16. The number of hydrogen-bond acceptors (Lipinski definition) is 3. The van der Waals surface area contributed by atoms with Crippen molar-refractivity contribution in [2.75, 3.05) is 26.0 Å². The van der Waals surface area contributed by atoms with Crippen molar-refractivity contribution in [3.63, 3.8) is 0 Å². The summed E-state index contributed by atoms with van der Waals surface area (Å²) in [5, 5.41) is 9.40. The molecule has 3 N–H and O–H groups in total. The van der Waals surface area contributed by atoms with E-state index < -0.39 is 0 Å². The van der Waals surface area contributed by atoms with E-state index in [0.29, 0.717) is 18.0 Å². The maximum absolute atomic E-state index is 11.3. The van der Waals surface area contributed by atoms with E-state index >= 15 is 0 Å². The summed E-state index contributed by atoms with van der Waals surface area (Å²) in [6, 6.07) is 16.1. The average Bonchev–Trinajstić information content (AvgIpc) is 2.68. The maximum atomic E-state index is 11.3. The van der Waals surface area contributed by atoms with Gasteiger partial charge in [0.1, 0.15) is 5.75 Å². The van der Waals surface area contributed by atoms with Gasteiger partial charge in [0.2, 0.25) is 5.91 Å². The van der Waals surface area contributed by atoms with Crippen LogP contribution in [0.5, 0.6) is 5.75 Å². The first-order chi connectivity index (χ1) is 13.1. The van der Waals surface area contributed by atoms with Gasteiger partial charge < -0.3 is 20.7 Å². The van der Waals surface area contributed by atoms with E-state index in [4.69, 9.17) is 4.74 Å². The Kier molecular flexibility index (Phi) is 11.0. The number of ether oxygens (including phenoxy) is 1. The van der Waals surface area contributed by atoms with Crippen molar-refractivity contribution in [1.82, 2.24) is 10.6 Å². The van der Waals surface area contributed by atoms with E-state index in [1.807, 2.05) is 24.3 Å². The molecule has 2 aromatic carbocycles. The summed E-state index contributed by atoms with van der Waals surface area (Å²) in [7, 11) is 3.34. The maximum Gasteiger partial charge on any atom is 0.221 e. The molecule has 7 heteroatoms. The predicted octanol–water partition coefficient (Wildman–Crippen LogP) is 3.57. The number of methoxy groups -OCH3 is 1. The van der Waals surface area contributed by atoms with E-state index in [2.05, 4.69) is 45.2 Å². The third-order valence-electron chi connectivity index (χ3n) is 4.04. The number of aliphatic imine (C=N–C) groups is 1. The molecule has 0 aliphatic rings. The van der Waals surface area contributed by atoms with Crippen LogP contribution in [0.3, 0.4) is 0 Å². The lowest BCUT2D eigenvalue weighted by Gasteiger charge is -2.14. The first-order valence-corrected chi connectivity index (χ1v) is 9.05. The van der Waals surface area contributed by atoms with Crippen LogP contribution in [0.25, 0.3) is 0 Å². The number of benzene rings is 2. The lowest BCUT2D eigenvalue weighted by molar-refractivity contribution is -0.114. The molecule has 0 spiro atoms. The molecular weight excluding hydrogens is 467 g/mol. The normalized spacial score (nSPS) is 10.6. The van der Waals surface area contributed by atoms with Gasteiger partial charge in [0.15, 0.2) is 5.96 Å². The van der Waals surface area contributed by atoms with Crippen molar-refractivity contribution >= 4 is 41.5 Å². The molecule has 0 aliphatic carbocycles. The first-order valence-electron chi connectivity index (χ1n) is 9.05. The first kappa shape index (κ1) is 23.7. The van der Waals surface area contributed by atoms with Gasteiger partial charge in [-0.1, -0.05) is 36.4 Å². The van der Waals surface area contributed by atoms with Gasteiger partial charge in [0.25, 0.3) is 0 Å². The number of nitrogens with zero attached hydrogens (tertiary/aromatic N) is 1. The topological polar surface area (TPSA) is 74.8 Å². The Morgan fingerprint density at radius 1 is 1.07 bits per heavy atom. The predicted molar refractivity (Wildman–Crippen MR) is 126 cm³/mol. The fourth-order valence-electron chi connectivity index (χ4n) is 2.70. The van der Waals surface area contributed by atoms with Crippen LogP contribution in [0, 0.1) is 0 Å². The summed E-state index contributed by atoms with van der Waals surface area (Å²) < 4.78 is 5.28. The van der Waals surface area contributed by atoms with Gasteiger partial charge in [-0.25, -0.2) is 0 Å². The molecular formula is C21H29IN4O2. The van der Waals surface area contributed by atoms with Crippen molar-refractivity contribution in [3.05, 3.63) is 59.7 Å². The molecule has 0 saturated heterocycles. The molecule has 6 nitrogen and oxygen atoms in total. The number of amides is 1. The SMILES string of the molecule is CN=C(NCCCc1ccccc1)NCc1ccc(OC)c(NC(C)=O)c1.I. The van der Waals surface area contributed by atoms with Crippen LogP contribution in [-0.4, -0.2) is 32.6 Å². The van der Waals surface area contributed by atoms with E-state index in [1.165, 1.54) is 12.5 Å². The Bertz CT molecular complexity index is 766. The highest BCUT2D eigenvalue weighted by Crippen LogP contribution is 2.25. The number of hydrogen-bond donors (Lipinski definition) is 3. The number of halogens is 1. The number of nitrogens with one attached hydrogen (secondary N) is 3. The molecule has 0 saturated carbocycles. The molecule has 0 atom stereocenters. The highest BCUT2D eigenvalue weighted by Gasteiger charge is 2.06. The van der Waals surface area contributed by atoms with Crippen LogP contribution in [0.1, 0.15) is 24.5 Å². The van der Waals surface area contributed by atoms with E-state index in [0.717, 1.165) is 30.9 Å². The smallest absolute Gasteiger partial charge is 0.221 e. The fraction of sp³-hybridized carbons (Fsp3) is 0.333. The minimum atomic E-state index is -0.130. The van der Waals surface area contributed by atoms with Gasteiger partial charge in [-0.2, -0.15) is 0 Å². The summed E-state index contributed by atoms with van der Waals surface area (Å²) in [5.41, 5.74) is 3.02. The van der Waals surface area contributed by atoms with Gasteiger partial charge in [0.05, 0.1) is 12.8 Å². The zero-order valence-electron chi connectivity index (χ0n) is 16.6. The summed E-state index contributed by atoms with van der Waals surface area (Å²) in [5.74, 6) is 1.26. The zero-order valence-corrected chi connectivity index (χ0v) is 18.9. The number of anilines is 1. The van der Waals surface area contributed by atoms with E-state index in [-0.39, 0.29) is 29.9 Å². The van der Waals surface area contributed by atoms with Crippen molar-refractivity contribution in [1.29, 1.82) is 0 Å². The summed E-state index contributed by atoms with van der Waals surface area (Å²) in [6.45, 7) is 2.91. The second kappa shape index (κ2) is 13.0. The van der Waals surface area contributed by atoms with Crippen LogP contribution in [0.4, 0.5) is 5.69 Å². The highest BCUT2D eigenvalue weighted by atomic mass is 127. The molecule has 0 heterocycles. The lowest BCUT2D eigenvalue weighted by Crippen LogP contribution is -2.37. The summed E-state index contributed by atoms with van der Waals surface area (Å²) in [6.07, 6.45) is 2.06. The third-order valence-corrected chi connectivity index (χ3v) is 4.04. The second-order valence-corrected chi connectivity index (χ2v) is 6.16. The largest absolute Gasteiger partial charge is 0.495 e. The van der Waals surface area contributed by atoms with Gasteiger partial charge in [-0.3, -0.25) is 9.79 Å². The molecule has 2 aromatic rings. The van der Waals surface area contributed by atoms with Crippen LogP contribution in [0.2, 0.25) is 0 Å². The molecule has 0 radical (unpaired) electrons. The number of carbonyl (C=O) groups excluding carboxylic acids is 1. The fourth-order valence-corrected chi connectivity index (χ4v) is 2.70. The van der Waals surface area contributed by atoms with Crippen LogP contribution < -0.4 is 20.7 Å². The quantitative estimate of drug-likeness (QED) is 0.226. The molecule has 152 valence electrons. The van der Waals surface area contributed by atoms with Gasteiger partial charge in [-0.15, -0.1) is 24.0 Å². The molecule has 0 aliphatic heterocycles. The number of rotatable bonds is 8. The minimum absolute atomic E-state index is 0. The van der Waals surface area contributed by atoms with Crippen molar-refractivity contribution in [2.45, 2.75) is 26.3 Å². The number of carbonyl (C=O) groups is 1. The monoisotopic (exact) mass is 496 g/mol. The molecule has 1 amide bonds. The highest BCUT2D eigenvalue weighted by molar-refractivity contribution is 14.0. The molecule has 0 unspecified atom stereocenters. The second-order valence-electron chi connectivity index (χ2n) is 6.16. The Balaban J connectivity index is 0.00000392. The number of aryl methyl sites for hydroxylation is 1. The molecule has 0 bridgehead atoms. The van der Waals surface area contributed by atoms with Crippen molar-refractivity contribution in [2.24, 2.45) is 4.99 Å². The van der Waals surface area contributed by atoms with Gasteiger partial charge in [0, 0.05) is 27.1 Å². The van der Waals surface area contributed by atoms with Crippen molar-refractivity contribution in [3.8, 4) is 5.75 Å². The Labute approximate surface area is 184 Å². The Morgan fingerprint density at radius 3 is 2.46 bits per heavy atom. The number of guanidine groups is 1. The van der Waals surface area contributed by atoms with Gasteiger partial charge >= 0.3 is 0 Å². The molecule has 2 rings (SSSR count). The van der Waals surface area contributed by atoms with Crippen LogP contribution in [-0.2, 0) is 17.8 Å². The van der Waals surface area contributed by atoms with E-state index in [9.17, 15) is 4.79 Å². The lowest BCUT2D eigenvalue weighted by atomic mass is 10.1. The van der Waals surface area contributed by atoms with Crippen LogP contribution >= 0.6 is 24.0 Å². The molecule has 0 aromatic heterocycles. The summed E-state index contributed by atoms with van der Waals surface area (Å²) >= 11 is 0. The minimum Gasteiger partial charge on any atom is -0.495 e. The van der Waals surface area contributed by atoms with Crippen molar-refractivity contribution < 1.29 is 9.53 Å². The standard InChI is InChI=1S/C21H28N4O2.HI/c1-16(26)25-19-14-18(11-12-20(19)27-3)15-24-21(22-2)23-13-7-10-17-8-5-4-6-9-17;/h4-6,8-9,11-12,14H,7,10,13,15H2,1-3H3,(H,25,26)(H2,22,23,24);1H. The van der Waals surface area contributed by atoms with E-state index in [1.54, 1.807) is 14.2 Å². The van der Waals surface area contributed by atoms with Crippen LogP contribution in [0.15, 0.2) is 53.5 Å². The molecule has 28 heavy (non-hydrogen) atoms.